The second-order valence-corrected chi connectivity index (χ2v) is 2.82. The van der Waals surface area contributed by atoms with Crippen LogP contribution in [-0.4, -0.2) is 30.8 Å². The van der Waals surface area contributed by atoms with Crippen molar-refractivity contribution < 1.29 is 28.6 Å². The summed E-state index contributed by atoms with van der Waals surface area (Å²) < 4.78 is 13.9. The predicted octanol–water partition coefficient (Wildman–Crippen LogP) is 0.558. The lowest BCUT2D eigenvalue weighted by Crippen LogP contribution is -2.20. The van der Waals surface area contributed by atoms with Crippen LogP contribution in [0.15, 0.2) is 12.2 Å². The standard InChI is InChI=1S/C10H14O6/c1-7(11)14-6-4-5-10(15-8(2)12)16-9(3)13/h4-5,10H,6H2,1-3H3. The van der Waals surface area contributed by atoms with Gasteiger partial charge in [0.25, 0.3) is 6.29 Å². The molecule has 0 amide bonds. The van der Waals surface area contributed by atoms with Crippen LogP contribution in [0.5, 0.6) is 0 Å². The smallest absolute Gasteiger partial charge is 0.305 e. The minimum absolute atomic E-state index is 0.0222. The first-order valence-corrected chi connectivity index (χ1v) is 4.56. The SMILES string of the molecule is CC(=O)OCC=CC(OC(C)=O)OC(C)=O. The molecule has 0 aromatic rings. The van der Waals surface area contributed by atoms with Gasteiger partial charge in [0.1, 0.15) is 6.61 Å². The predicted molar refractivity (Wildman–Crippen MR) is 53.1 cm³/mol. The molecule has 0 aliphatic carbocycles. The minimum atomic E-state index is -1.09. The van der Waals surface area contributed by atoms with E-state index in [4.69, 9.17) is 0 Å². The van der Waals surface area contributed by atoms with Gasteiger partial charge in [0.2, 0.25) is 0 Å². The number of rotatable bonds is 5. The zero-order valence-corrected chi connectivity index (χ0v) is 9.39. The second-order valence-electron chi connectivity index (χ2n) is 2.82. The molecule has 0 unspecified atom stereocenters. The fourth-order valence-electron chi connectivity index (χ4n) is 0.762. The maximum Gasteiger partial charge on any atom is 0.305 e. The highest BCUT2D eigenvalue weighted by Crippen LogP contribution is 1.99. The first kappa shape index (κ1) is 14.2. The molecular weight excluding hydrogens is 216 g/mol. The van der Waals surface area contributed by atoms with E-state index in [1.807, 2.05) is 0 Å². The molecule has 0 fully saturated rings. The van der Waals surface area contributed by atoms with Crippen molar-refractivity contribution in [2.75, 3.05) is 6.61 Å². The number of carbonyl (C=O) groups excluding carboxylic acids is 3. The maximum absolute atomic E-state index is 10.6. The third-order valence-corrected chi connectivity index (χ3v) is 1.24. The summed E-state index contributed by atoms with van der Waals surface area (Å²) in [4.78, 5) is 31.7. The summed E-state index contributed by atoms with van der Waals surface area (Å²) in [5, 5.41) is 0. The maximum atomic E-state index is 10.6. The molecule has 0 aliphatic heterocycles. The zero-order chi connectivity index (χ0) is 12.6. The van der Waals surface area contributed by atoms with E-state index in [1.165, 1.54) is 32.9 Å². The number of ether oxygens (including phenoxy) is 3. The molecule has 0 atom stereocenters. The van der Waals surface area contributed by atoms with Gasteiger partial charge in [-0.15, -0.1) is 0 Å². The van der Waals surface area contributed by atoms with Crippen molar-refractivity contribution in [3.05, 3.63) is 12.2 Å². The van der Waals surface area contributed by atoms with Crippen molar-refractivity contribution in [1.82, 2.24) is 0 Å². The average Bonchev–Trinajstić information content (AvgIpc) is 2.09. The van der Waals surface area contributed by atoms with E-state index in [9.17, 15) is 14.4 Å². The lowest BCUT2D eigenvalue weighted by atomic mass is 10.5. The Balaban J connectivity index is 4.13. The van der Waals surface area contributed by atoms with Crippen LogP contribution in [0.25, 0.3) is 0 Å². The summed E-state index contributed by atoms with van der Waals surface area (Å²) in [7, 11) is 0. The molecule has 0 rings (SSSR count). The van der Waals surface area contributed by atoms with Crippen molar-refractivity contribution >= 4 is 17.9 Å². The van der Waals surface area contributed by atoms with E-state index in [0.717, 1.165) is 0 Å². The first-order chi connectivity index (χ1) is 7.41. The van der Waals surface area contributed by atoms with Gasteiger partial charge in [-0.05, 0) is 12.2 Å². The van der Waals surface area contributed by atoms with E-state index in [-0.39, 0.29) is 6.61 Å². The van der Waals surface area contributed by atoms with Gasteiger partial charge in [-0.2, -0.15) is 0 Å². The molecule has 0 N–H and O–H groups in total. The molecule has 6 nitrogen and oxygen atoms in total. The highest BCUT2D eigenvalue weighted by atomic mass is 16.7. The molecule has 16 heavy (non-hydrogen) atoms. The molecule has 0 saturated carbocycles. The second kappa shape index (κ2) is 7.44. The van der Waals surface area contributed by atoms with Crippen LogP contribution in [-0.2, 0) is 28.6 Å². The fraction of sp³-hybridized carbons (Fsp3) is 0.500. The van der Waals surface area contributed by atoms with Crippen LogP contribution in [0.3, 0.4) is 0 Å². The van der Waals surface area contributed by atoms with Crippen LogP contribution in [0.1, 0.15) is 20.8 Å². The molecule has 6 heteroatoms. The van der Waals surface area contributed by atoms with E-state index in [2.05, 4.69) is 14.2 Å². The van der Waals surface area contributed by atoms with Crippen LogP contribution >= 0.6 is 0 Å². The summed E-state index contributed by atoms with van der Waals surface area (Å²) >= 11 is 0. The molecule has 0 aromatic heterocycles. The monoisotopic (exact) mass is 230 g/mol. The topological polar surface area (TPSA) is 78.9 Å². The summed E-state index contributed by atoms with van der Waals surface area (Å²) in [5.74, 6) is -1.59. The molecular formula is C10H14O6. The summed E-state index contributed by atoms with van der Waals surface area (Å²) in [5.41, 5.74) is 0. The molecule has 0 bridgehead atoms. The largest absolute Gasteiger partial charge is 0.462 e. The number of hydrogen-bond donors (Lipinski definition) is 0. The third-order valence-electron chi connectivity index (χ3n) is 1.24. The Morgan fingerprint density at radius 3 is 1.88 bits per heavy atom. The molecule has 0 saturated heterocycles. The van der Waals surface area contributed by atoms with Gasteiger partial charge >= 0.3 is 17.9 Å². The Hall–Kier alpha value is -1.85. The van der Waals surface area contributed by atoms with Gasteiger partial charge in [0.05, 0.1) is 0 Å². The molecule has 0 heterocycles. The van der Waals surface area contributed by atoms with E-state index in [1.54, 1.807) is 0 Å². The normalized spacial score (nSPS) is 10.2. The van der Waals surface area contributed by atoms with Crippen LogP contribution < -0.4 is 0 Å². The Bertz CT molecular complexity index is 278. The van der Waals surface area contributed by atoms with Crippen molar-refractivity contribution in [3.63, 3.8) is 0 Å². The first-order valence-electron chi connectivity index (χ1n) is 4.56. The highest BCUT2D eigenvalue weighted by Gasteiger charge is 2.10. The lowest BCUT2D eigenvalue weighted by Gasteiger charge is -2.12. The minimum Gasteiger partial charge on any atom is -0.462 e. The van der Waals surface area contributed by atoms with Gasteiger partial charge in [0.15, 0.2) is 0 Å². The number of esters is 3. The van der Waals surface area contributed by atoms with Gasteiger partial charge in [0, 0.05) is 20.8 Å². The molecule has 90 valence electrons. The van der Waals surface area contributed by atoms with Gasteiger partial charge < -0.3 is 14.2 Å². The van der Waals surface area contributed by atoms with Gasteiger partial charge in [-0.1, -0.05) is 0 Å². The Morgan fingerprint density at radius 1 is 1.00 bits per heavy atom. The van der Waals surface area contributed by atoms with Crippen LogP contribution in [0, 0.1) is 0 Å². The van der Waals surface area contributed by atoms with E-state index >= 15 is 0 Å². The molecule has 0 aromatic carbocycles. The molecule has 0 radical (unpaired) electrons. The van der Waals surface area contributed by atoms with Crippen LogP contribution in [0.2, 0.25) is 0 Å². The van der Waals surface area contributed by atoms with Crippen molar-refractivity contribution in [2.45, 2.75) is 27.1 Å². The van der Waals surface area contributed by atoms with E-state index < -0.39 is 24.2 Å². The van der Waals surface area contributed by atoms with E-state index in [0.29, 0.717) is 0 Å². The fourth-order valence-corrected chi connectivity index (χ4v) is 0.762. The van der Waals surface area contributed by atoms with Crippen LogP contribution in [0.4, 0.5) is 0 Å². The Morgan fingerprint density at radius 2 is 1.50 bits per heavy atom. The Labute approximate surface area is 93.2 Å². The lowest BCUT2D eigenvalue weighted by molar-refractivity contribution is -0.176. The van der Waals surface area contributed by atoms with Crippen molar-refractivity contribution in [2.24, 2.45) is 0 Å². The summed E-state index contributed by atoms with van der Waals surface area (Å²) in [6.45, 7) is 3.67. The zero-order valence-electron chi connectivity index (χ0n) is 9.39. The third kappa shape index (κ3) is 8.74. The number of hydrogen-bond acceptors (Lipinski definition) is 6. The summed E-state index contributed by atoms with van der Waals surface area (Å²) in [6, 6.07) is 0. The quantitative estimate of drug-likeness (QED) is 0.390. The number of carbonyl (C=O) groups is 3. The molecule has 0 spiro atoms. The van der Waals surface area contributed by atoms with Gasteiger partial charge in [-0.3, -0.25) is 14.4 Å². The van der Waals surface area contributed by atoms with Crippen molar-refractivity contribution in [3.8, 4) is 0 Å². The Kier molecular flexibility index (Phi) is 6.58. The average molecular weight is 230 g/mol. The highest BCUT2D eigenvalue weighted by molar-refractivity contribution is 5.68. The molecule has 0 aliphatic rings. The summed E-state index contributed by atoms with van der Waals surface area (Å²) in [6.07, 6.45) is 1.63. The van der Waals surface area contributed by atoms with Gasteiger partial charge in [-0.25, -0.2) is 0 Å². The van der Waals surface area contributed by atoms with Crippen molar-refractivity contribution in [1.29, 1.82) is 0 Å².